The molecule has 0 aromatic heterocycles. The Hall–Kier alpha value is -0.980. The Balaban J connectivity index is 1.63. The van der Waals surface area contributed by atoms with E-state index in [0.29, 0.717) is 12.1 Å². The molecule has 0 bridgehead atoms. The maximum atomic E-state index is 14.0. The molecular weight excluding hydrogens is 361 g/mol. The minimum atomic E-state index is -0.185. The molecule has 0 radical (unpaired) electrons. The van der Waals surface area contributed by atoms with E-state index in [-0.39, 0.29) is 17.6 Å². The topological polar surface area (TPSA) is 35.6 Å². The lowest BCUT2D eigenvalue weighted by molar-refractivity contribution is -0.138. The summed E-state index contributed by atoms with van der Waals surface area (Å²) in [6, 6.07) is 5.06. The molecule has 2 heterocycles. The predicted octanol–water partition coefficient (Wildman–Crippen LogP) is 2.23. The van der Waals surface area contributed by atoms with Crippen LogP contribution in [0.5, 0.6) is 0 Å². The molecule has 2 aliphatic heterocycles. The van der Waals surface area contributed by atoms with Gasteiger partial charge in [0.1, 0.15) is 5.82 Å². The maximum Gasteiger partial charge on any atom is 0.227 e. The monoisotopic (exact) mass is 383 g/mol. The van der Waals surface area contributed by atoms with Gasteiger partial charge in [0.05, 0.1) is 5.92 Å². The summed E-state index contributed by atoms with van der Waals surface area (Å²) in [5.41, 5.74) is 0.683. The highest BCUT2D eigenvalue weighted by atomic mass is 79.9. The number of likely N-dealkylation sites (tertiary alicyclic amines) is 1. The van der Waals surface area contributed by atoms with Gasteiger partial charge in [0, 0.05) is 49.3 Å². The van der Waals surface area contributed by atoms with Crippen LogP contribution in [-0.4, -0.2) is 55.0 Å². The molecule has 0 saturated carbocycles. The molecule has 0 spiro atoms. The Bertz CT molecular complexity index is 543. The molecule has 1 atom stereocenters. The van der Waals surface area contributed by atoms with Crippen molar-refractivity contribution >= 4 is 21.8 Å². The first kappa shape index (κ1) is 16.9. The van der Waals surface area contributed by atoms with Gasteiger partial charge in [-0.25, -0.2) is 4.39 Å². The summed E-state index contributed by atoms with van der Waals surface area (Å²) in [6.45, 7) is 5.56. The highest BCUT2D eigenvalue weighted by molar-refractivity contribution is 9.10. The second kappa shape index (κ2) is 7.73. The number of halogens is 2. The van der Waals surface area contributed by atoms with Crippen molar-refractivity contribution in [2.75, 3.05) is 39.3 Å². The molecule has 4 nitrogen and oxygen atoms in total. The first-order chi connectivity index (χ1) is 11.1. The van der Waals surface area contributed by atoms with Gasteiger partial charge < -0.3 is 10.2 Å². The third kappa shape index (κ3) is 4.11. The van der Waals surface area contributed by atoms with Crippen molar-refractivity contribution < 1.29 is 9.18 Å². The van der Waals surface area contributed by atoms with Gasteiger partial charge in [-0.2, -0.15) is 0 Å². The number of piperidine rings is 1. The molecule has 1 unspecified atom stereocenters. The fourth-order valence-corrected chi connectivity index (χ4v) is 3.92. The predicted molar refractivity (Wildman–Crippen MR) is 91.6 cm³/mol. The SMILES string of the molecule is O=C(C1CCCN(Cc2c(F)cccc2Br)C1)N1CCNCC1. The van der Waals surface area contributed by atoms with Crippen LogP contribution in [0, 0.1) is 11.7 Å². The van der Waals surface area contributed by atoms with Crippen LogP contribution in [0.1, 0.15) is 18.4 Å². The zero-order valence-electron chi connectivity index (χ0n) is 13.2. The Morgan fingerprint density at radius 2 is 2.09 bits per heavy atom. The first-order valence-corrected chi connectivity index (χ1v) is 9.09. The summed E-state index contributed by atoms with van der Waals surface area (Å²) >= 11 is 3.43. The van der Waals surface area contributed by atoms with Crippen molar-refractivity contribution in [3.8, 4) is 0 Å². The minimum Gasteiger partial charge on any atom is -0.340 e. The number of amides is 1. The average Bonchev–Trinajstić information content (AvgIpc) is 2.59. The molecule has 126 valence electrons. The van der Waals surface area contributed by atoms with Crippen LogP contribution in [0.3, 0.4) is 0 Å². The van der Waals surface area contributed by atoms with Crippen molar-refractivity contribution in [1.29, 1.82) is 0 Å². The first-order valence-electron chi connectivity index (χ1n) is 8.30. The Kier molecular flexibility index (Phi) is 5.67. The third-order valence-electron chi connectivity index (χ3n) is 4.73. The van der Waals surface area contributed by atoms with Crippen LogP contribution < -0.4 is 5.32 Å². The molecule has 1 N–H and O–H groups in total. The van der Waals surface area contributed by atoms with Gasteiger partial charge in [-0.05, 0) is 31.5 Å². The van der Waals surface area contributed by atoms with Crippen molar-refractivity contribution in [2.45, 2.75) is 19.4 Å². The van der Waals surface area contributed by atoms with E-state index >= 15 is 0 Å². The van der Waals surface area contributed by atoms with E-state index in [0.717, 1.165) is 56.6 Å². The molecule has 1 aromatic carbocycles. The van der Waals surface area contributed by atoms with Crippen molar-refractivity contribution in [1.82, 2.24) is 15.1 Å². The average molecular weight is 384 g/mol. The van der Waals surface area contributed by atoms with Crippen LogP contribution >= 0.6 is 15.9 Å². The normalized spacial score (nSPS) is 23.0. The van der Waals surface area contributed by atoms with Crippen LogP contribution in [0.15, 0.2) is 22.7 Å². The largest absolute Gasteiger partial charge is 0.340 e. The van der Waals surface area contributed by atoms with E-state index in [2.05, 4.69) is 26.1 Å². The number of rotatable bonds is 3. The van der Waals surface area contributed by atoms with Crippen LogP contribution in [0.4, 0.5) is 4.39 Å². The van der Waals surface area contributed by atoms with Gasteiger partial charge in [-0.3, -0.25) is 9.69 Å². The second-order valence-electron chi connectivity index (χ2n) is 6.35. The number of hydrogen-bond donors (Lipinski definition) is 1. The molecule has 2 aliphatic rings. The maximum absolute atomic E-state index is 14.0. The quantitative estimate of drug-likeness (QED) is 0.869. The van der Waals surface area contributed by atoms with E-state index in [1.165, 1.54) is 6.07 Å². The smallest absolute Gasteiger partial charge is 0.227 e. The van der Waals surface area contributed by atoms with Gasteiger partial charge in [-0.15, -0.1) is 0 Å². The van der Waals surface area contributed by atoms with E-state index in [9.17, 15) is 9.18 Å². The number of hydrogen-bond acceptors (Lipinski definition) is 3. The van der Waals surface area contributed by atoms with Crippen LogP contribution in [-0.2, 0) is 11.3 Å². The minimum absolute atomic E-state index is 0.0485. The lowest BCUT2D eigenvalue weighted by atomic mass is 9.95. The zero-order chi connectivity index (χ0) is 16.2. The summed E-state index contributed by atoms with van der Waals surface area (Å²) in [5.74, 6) is 0.131. The molecule has 23 heavy (non-hydrogen) atoms. The lowest BCUT2D eigenvalue weighted by Crippen LogP contribution is -2.51. The fourth-order valence-electron chi connectivity index (χ4n) is 3.45. The number of carbonyl (C=O) groups is 1. The number of carbonyl (C=O) groups excluding carboxylic acids is 1. The highest BCUT2D eigenvalue weighted by Gasteiger charge is 2.30. The summed E-state index contributed by atoms with van der Waals surface area (Å²) in [4.78, 5) is 16.9. The molecule has 0 aliphatic carbocycles. The van der Waals surface area contributed by atoms with E-state index in [1.54, 1.807) is 6.07 Å². The molecule has 1 amide bonds. The van der Waals surface area contributed by atoms with Crippen LogP contribution in [0.2, 0.25) is 0 Å². The summed E-state index contributed by atoms with van der Waals surface area (Å²) in [6.07, 6.45) is 1.94. The molecular formula is C17H23BrFN3O. The van der Waals surface area contributed by atoms with Crippen LogP contribution in [0.25, 0.3) is 0 Å². The summed E-state index contributed by atoms with van der Waals surface area (Å²) in [7, 11) is 0. The van der Waals surface area contributed by atoms with Gasteiger partial charge >= 0.3 is 0 Å². The third-order valence-corrected chi connectivity index (χ3v) is 5.47. The lowest BCUT2D eigenvalue weighted by Gasteiger charge is -2.36. The number of benzene rings is 1. The molecule has 2 saturated heterocycles. The van der Waals surface area contributed by atoms with Gasteiger partial charge in [0.25, 0.3) is 0 Å². The van der Waals surface area contributed by atoms with Crippen molar-refractivity contribution in [3.63, 3.8) is 0 Å². The Morgan fingerprint density at radius 1 is 1.30 bits per heavy atom. The second-order valence-corrected chi connectivity index (χ2v) is 7.20. The molecule has 1 aromatic rings. The standard InChI is InChI=1S/C17H23BrFN3O/c18-15-4-1-5-16(19)14(15)12-21-8-2-3-13(11-21)17(23)22-9-6-20-7-10-22/h1,4-5,13,20H,2-3,6-12H2. The van der Waals surface area contributed by atoms with Gasteiger partial charge in [0.2, 0.25) is 5.91 Å². The summed E-state index contributed by atoms with van der Waals surface area (Å²) in [5, 5.41) is 3.28. The molecule has 3 rings (SSSR count). The van der Waals surface area contributed by atoms with Crippen molar-refractivity contribution in [2.24, 2.45) is 5.92 Å². The number of piperazine rings is 1. The number of nitrogens with zero attached hydrogens (tertiary/aromatic N) is 2. The van der Waals surface area contributed by atoms with E-state index < -0.39 is 0 Å². The fraction of sp³-hybridized carbons (Fsp3) is 0.588. The number of nitrogens with one attached hydrogen (secondary N) is 1. The Morgan fingerprint density at radius 3 is 2.83 bits per heavy atom. The zero-order valence-corrected chi connectivity index (χ0v) is 14.8. The van der Waals surface area contributed by atoms with Crippen molar-refractivity contribution in [3.05, 3.63) is 34.1 Å². The van der Waals surface area contributed by atoms with E-state index in [1.807, 2.05) is 11.0 Å². The van der Waals surface area contributed by atoms with E-state index in [4.69, 9.17) is 0 Å². The van der Waals surface area contributed by atoms with Gasteiger partial charge in [0.15, 0.2) is 0 Å². The van der Waals surface area contributed by atoms with Gasteiger partial charge in [-0.1, -0.05) is 22.0 Å². The highest BCUT2D eigenvalue weighted by Crippen LogP contribution is 2.25. The molecule has 6 heteroatoms. The Labute approximate surface area is 145 Å². The molecule has 2 fully saturated rings. The summed E-state index contributed by atoms with van der Waals surface area (Å²) < 4.78 is 14.8.